The average Bonchev–Trinajstić information content (AvgIpc) is 2.81. The highest BCUT2D eigenvalue weighted by molar-refractivity contribution is 8.26. The molecule has 24 heavy (non-hydrogen) atoms. The predicted molar refractivity (Wildman–Crippen MR) is 93.6 cm³/mol. The molecule has 1 fully saturated rings. The molecular weight excluding hydrogens is 350 g/mol. The number of amides is 1. The molecule has 6 nitrogen and oxygen atoms in total. The summed E-state index contributed by atoms with van der Waals surface area (Å²) in [6.07, 6.45) is 3.30. The lowest BCUT2D eigenvalue weighted by molar-refractivity contribution is -0.307. The molecule has 1 aromatic rings. The molecule has 0 spiro atoms. The monoisotopic (exact) mass is 364 g/mol. The van der Waals surface area contributed by atoms with E-state index in [1.807, 2.05) is 0 Å². The predicted octanol–water partition coefficient (Wildman–Crippen LogP) is 1.21. The Balaban J connectivity index is 2.23. The molecule has 0 bridgehead atoms. The van der Waals surface area contributed by atoms with E-state index in [-0.39, 0.29) is 11.7 Å². The minimum Gasteiger partial charge on any atom is -0.546 e. The molecular formula is C16H14NO5S2-. The summed E-state index contributed by atoms with van der Waals surface area (Å²) in [7, 11) is 1.44. The number of nitrogens with zero attached hydrogens (tertiary/aromatic N) is 1. The number of thiocarbonyl (C=S) groups is 1. The highest BCUT2D eigenvalue weighted by Crippen LogP contribution is 2.34. The van der Waals surface area contributed by atoms with Gasteiger partial charge in [0.15, 0.2) is 11.5 Å². The molecule has 1 heterocycles. The minimum absolute atomic E-state index is 0.179. The van der Waals surface area contributed by atoms with Crippen LogP contribution in [0, 0.1) is 0 Å². The van der Waals surface area contributed by atoms with Gasteiger partial charge in [0.25, 0.3) is 5.91 Å². The first-order valence-electron chi connectivity index (χ1n) is 6.83. The van der Waals surface area contributed by atoms with Crippen LogP contribution in [0.2, 0.25) is 0 Å². The van der Waals surface area contributed by atoms with E-state index in [2.05, 4.69) is 6.58 Å². The maximum Gasteiger partial charge on any atom is 0.266 e. The molecule has 1 aliphatic rings. The Morgan fingerprint density at radius 3 is 2.83 bits per heavy atom. The lowest BCUT2D eigenvalue weighted by atomic mass is 10.2. The maximum atomic E-state index is 12.3. The molecule has 2 rings (SSSR count). The standard InChI is InChI=1S/C16H15NO5S2/c1-3-6-17-15(20)13(24-16(17)23)8-10-4-5-11(12(7-10)21-2)22-9-14(18)19/h3-5,7-8H,1,6,9H2,2H3,(H,18,19)/p-1/b13-8-. The molecule has 0 radical (unpaired) electrons. The van der Waals surface area contributed by atoms with Gasteiger partial charge in [0.05, 0.1) is 18.0 Å². The Morgan fingerprint density at radius 2 is 2.21 bits per heavy atom. The second-order valence-corrected chi connectivity index (χ2v) is 6.33. The molecule has 1 amide bonds. The van der Waals surface area contributed by atoms with Crippen LogP contribution in [0.15, 0.2) is 35.8 Å². The number of aliphatic carboxylic acids is 1. The van der Waals surface area contributed by atoms with Crippen molar-refractivity contribution < 1.29 is 24.2 Å². The second kappa shape index (κ2) is 7.98. The number of carbonyl (C=O) groups is 2. The van der Waals surface area contributed by atoms with Gasteiger partial charge in [-0.2, -0.15) is 0 Å². The third-order valence-electron chi connectivity index (χ3n) is 3.02. The highest BCUT2D eigenvalue weighted by atomic mass is 32.2. The number of carboxylic acid groups (broad SMARTS) is 1. The zero-order valence-corrected chi connectivity index (χ0v) is 14.4. The number of methoxy groups -OCH3 is 1. The molecule has 0 saturated carbocycles. The normalized spacial score (nSPS) is 15.7. The lowest BCUT2D eigenvalue weighted by Gasteiger charge is -2.12. The van der Waals surface area contributed by atoms with Crippen LogP contribution < -0.4 is 14.6 Å². The zero-order chi connectivity index (χ0) is 17.7. The maximum absolute atomic E-state index is 12.3. The van der Waals surface area contributed by atoms with Crippen molar-refractivity contribution in [3.8, 4) is 11.5 Å². The van der Waals surface area contributed by atoms with Gasteiger partial charge < -0.3 is 19.4 Å². The van der Waals surface area contributed by atoms with Crippen LogP contribution in [0.25, 0.3) is 6.08 Å². The summed E-state index contributed by atoms with van der Waals surface area (Å²) in [6, 6.07) is 4.90. The molecule has 1 aliphatic heterocycles. The van der Waals surface area contributed by atoms with Crippen LogP contribution in [-0.4, -0.2) is 41.4 Å². The van der Waals surface area contributed by atoms with Crippen LogP contribution in [0.1, 0.15) is 5.56 Å². The second-order valence-electron chi connectivity index (χ2n) is 4.65. The van der Waals surface area contributed by atoms with Crippen molar-refractivity contribution in [2.24, 2.45) is 0 Å². The van der Waals surface area contributed by atoms with Crippen molar-refractivity contribution in [1.82, 2.24) is 4.90 Å². The molecule has 0 aliphatic carbocycles. The first kappa shape index (κ1) is 18.0. The smallest absolute Gasteiger partial charge is 0.266 e. The van der Waals surface area contributed by atoms with E-state index in [4.69, 9.17) is 21.7 Å². The third kappa shape index (κ3) is 4.15. The van der Waals surface area contributed by atoms with E-state index in [9.17, 15) is 14.7 Å². The number of hydrogen-bond donors (Lipinski definition) is 0. The summed E-state index contributed by atoms with van der Waals surface area (Å²) in [6.45, 7) is 3.39. The molecule has 0 aromatic heterocycles. The Bertz CT molecular complexity index is 729. The van der Waals surface area contributed by atoms with E-state index in [1.165, 1.54) is 23.8 Å². The van der Waals surface area contributed by atoms with E-state index in [0.717, 1.165) is 0 Å². The summed E-state index contributed by atoms with van der Waals surface area (Å²) in [5.74, 6) is -0.877. The van der Waals surface area contributed by atoms with Gasteiger partial charge in [0, 0.05) is 6.54 Å². The van der Waals surface area contributed by atoms with Crippen LogP contribution in [-0.2, 0) is 9.59 Å². The van der Waals surface area contributed by atoms with Crippen molar-refractivity contribution in [2.75, 3.05) is 20.3 Å². The fourth-order valence-corrected chi connectivity index (χ4v) is 3.24. The highest BCUT2D eigenvalue weighted by Gasteiger charge is 2.30. The molecule has 0 atom stereocenters. The van der Waals surface area contributed by atoms with Crippen molar-refractivity contribution in [3.05, 3.63) is 41.3 Å². The first-order valence-corrected chi connectivity index (χ1v) is 8.05. The Hall–Kier alpha value is -2.32. The third-order valence-corrected chi connectivity index (χ3v) is 4.39. The van der Waals surface area contributed by atoms with Gasteiger partial charge in [-0.3, -0.25) is 9.69 Å². The number of benzene rings is 1. The van der Waals surface area contributed by atoms with Gasteiger partial charge in [-0.25, -0.2) is 0 Å². The molecule has 1 saturated heterocycles. The first-order chi connectivity index (χ1) is 11.5. The van der Waals surface area contributed by atoms with Gasteiger partial charge in [-0.1, -0.05) is 36.1 Å². The quantitative estimate of drug-likeness (QED) is 0.409. The van der Waals surface area contributed by atoms with Crippen molar-refractivity contribution in [2.45, 2.75) is 0 Å². The summed E-state index contributed by atoms with van der Waals surface area (Å²) in [5, 5.41) is 10.5. The number of rotatable bonds is 7. The molecule has 126 valence electrons. The van der Waals surface area contributed by atoms with Crippen LogP contribution >= 0.6 is 24.0 Å². The van der Waals surface area contributed by atoms with Gasteiger partial charge in [-0.15, -0.1) is 6.58 Å². The number of carboxylic acids is 1. The van der Waals surface area contributed by atoms with E-state index < -0.39 is 12.6 Å². The van der Waals surface area contributed by atoms with E-state index in [0.29, 0.717) is 27.1 Å². The number of carbonyl (C=O) groups excluding carboxylic acids is 2. The minimum atomic E-state index is -1.33. The largest absolute Gasteiger partial charge is 0.546 e. The molecule has 0 N–H and O–H groups in total. The Morgan fingerprint density at radius 1 is 1.46 bits per heavy atom. The van der Waals surface area contributed by atoms with E-state index in [1.54, 1.807) is 30.4 Å². The summed E-state index contributed by atoms with van der Waals surface area (Å²) in [4.78, 5) is 24.7. The zero-order valence-electron chi connectivity index (χ0n) is 12.8. The van der Waals surface area contributed by atoms with Gasteiger partial charge in [-0.05, 0) is 23.8 Å². The van der Waals surface area contributed by atoms with E-state index >= 15 is 0 Å². The summed E-state index contributed by atoms with van der Waals surface area (Å²) in [5.41, 5.74) is 0.701. The Labute approximate surface area is 148 Å². The molecule has 8 heteroatoms. The lowest BCUT2D eigenvalue weighted by Crippen LogP contribution is -2.29. The Kier molecular flexibility index (Phi) is 5.99. The fraction of sp³-hybridized carbons (Fsp3) is 0.188. The number of thioether (sulfide) groups is 1. The molecule has 0 unspecified atom stereocenters. The van der Waals surface area contributed by atoms with Gasteiger partial charge in [0.2, 0.25) is 0 Å². The topological polar surface area (TPSA) is 78.9 Å². The molecule has 1 aromatic carbocycles. The van der Waals surface area contributed by atoms with Gasteiger partial charge >= 0.3 is 0 Å². The van der Waals surface area contributed by atoms with Crippen molar-refractivity contribution >= 4 is 46.3 Å². The van der Waals surface area contributed by atoms with Crippen molar-refractivity contribution in [3.63, 3.8) is 0 Å². The number of ether oxygens (including phenoxy) is 2. The fourth-order valence-electron chi connectivity index (χ4n) is 1.97. The van der Waals surface area contributed by atoms with Crippen LogP contribution in [0.5, 0.6) is 11.5 Å². The summed E-state index contributed by atoms with van der Waals surface area (Å²) < 4.78 is 10.7. The number of hydrogen-bond acceptors (Lipinski definition) is 7. The average molecular weight is 364 g/mol. The SMILES string of the molecule is C=CCN1C(=O)/C(=C/c2ccc(OCC(=O)[O-])c(OC)c2)SC1=S. The van der Waals surface area contributed by atoms with Gasteiger partial charge in [0.1, 0.15) is 10.9 Å². The van der Waals surface area contributed by atoms with Crippen molar-refractivity contribution in [1.29, 1.82) is 0 Å². The van der Waals surface area contributed by atoms with Crippen LogP contribution in [0.4, 0.5) is 0 Å². The summed E-state index contributed by atoms with van der Waals surface area (Å²) >= 11 is 6.39. The van der Waals surface area contributed by atoms with Crippen LogP contribution in [0.3, 0.4) is 0 Å².